The SMILES string of the molecule is CC[C@@H](O)C/C=C\C[C@@H]1C(/C=C/C(O)CC2CCCC2)[C@@H]2CC[C@H]1O2. The number of hydrogen-bond donors (Lipinski definition) is 2. The summed E-state index contributed by atoms with van der Waals surface area (Å²) in [6, 6.07) is 0. The minimum Gasteiger partial charge on any atom is -0.393 e. The molecule has 3 rings (SSSR count). The zero-order chi connectivity index (χ0) is 17.6. The summed E-state index contributed by atoms with van der Waals surface area (Å²) in [5, 5.41) is 20.0. The Morgan fingerprint density at radius 3 is 2.56 bits per heavy atom. The fraction of sp³-hybridized carbons (Fsp3) is 0.818. The minimum atomic E-state index is -0.293. The zero-order valence-corrected chi connectivity index (χ0v) is 15.7. The Kier molecular flexibility index (Phi) is 7.15. The molecule has 1 aliphatic carbocycles. The molecule has 2 unspecified atom stereocenters. The van der Waals surface area contributed by atoms with Crippen molar-refractivity contribution in [2.45, 2.75) is 95.5 Å². The summed E-state index contributed by atoms with van der Waals surface area (Å²) < 4.78 is 6.15. The second-order valence-corrected chi connectivity index (χ2v) is 8.37. The van der Waals surface area contributed by atoms with Gasteiger partial charge in [-0.15, -0.1) is 0 Å². The van der Waals surface area contributed by atoms with E-state index in [-0.39, 0.29) is 12.2 Å². The van der Waals surface area contributed by atoms with Crippen molar-refractivity contribution in [3.63, 3.8) is 0 Å². The third-order valence-corrected chi connectivity index (χ3v) is 6.55. The third kappa shape index (κ3) is 5.18. The molecule has 2 saturated heterocycles. The molecule has 142 valence electrons. The van der Waals surface area contributed by atoms with Crippen LogP contribution < -0.4 is 0 Å². The predicted molar refractivity (Wildman–Crippen MR) is 101 cm³/mol. The lowest BCUT2D eigenvalue weighted by atomic mass is 9.77. The van der Waals surface area contributed by atoms with Crippen molar-refractivity contribution < 1.29 is 14.9 Å². The molecular weight excluding hydrogens is 312 g/mol. The van der Waals surface area contributed by atoms with Crippen LogP contribution in [0.4, 0.5) is 0 Å². The van der Waals surface area contributed by atoms with Gasteiger partial charge in [0.25, 0.3) is 0 Å². The second kappa shape index (κ2) is 9.34. The summed E-state index contributed by atoms with van der Waals surface area (Å²) in [4.78, 5) is 0. The molecule has 2 heterocycles. The van der Waals surface area contributed by atoms with Crippen LogP contribution in [0.2, 0.25) is 0 Å². The Morgan fingerprint density at radius 1 is 1.04 bits per heavy atom. The number of fused-ring (bicyclic) bond motifs is 2. The first-order valence-electron chi connectivity index (χ1n) is 10.5. The summed E-state index contributed by atoms with van der Waals surface area (Å²) in [5.41, 5.74) is 0. The van der Waals surface area contributed by atoms with Crippen LogP contribution in [0.5, 0.6) is 0 Å². The quantitative estimate of drug-likeness (QED) is 0.608. The van der Waals surface area contributed by atoms with E-state index in [0.717, 1.165) is 38.0 Å². The molecule has 0 spiro atoms. The summed E-state index contributed by atoms with van der Waals surface area (Å²) in [6.07, 6.45) is 20.0. The first kappa shape index (κ1) is 19.1. The molecule has 1 saturated carbocycles. The first-order chi connectivity index (χ1) is 12.2. The maximum absolute atomic E-state index is 10.4. The van der Waals surface area contributed by atoms with E-state index < -0.39 is 0 Å². The van der Waals surface area contributed by atoms with Crippen molar-refractivity contribution >= 4 is 0 Å². The van der Waals surface area contributed by atoms with Gasteiger partial charge >= 0.3 is 0 Å². The van der Waals surface area contributed by atoms with E-state index >= 15 is 0 Å². The zero-order valence-electron chi connectivity index (χ0n) is 15.7. The number of rotatable bonds is 9. The standard InChI is InChI=1S/C22H36O3/c1-2-17(23)9-5-6-10-19-20(22-14-13-21(19)25-22)12-11-18(24)15-16-7-3-4-8-16/h5-6,11-12,16-24H,2-4,7-10,13-15H2,1H3/b6-5-,12-11+/t17-,18?,19-,20?,21-,22+/m1/s1. The average molecular weight is 349 g/mol. The van der Waals surface area contributed by atoms with Crippen LogP contribution in [0.3, 0.4) is 0 Å². The number of hydrogen-bond acceptors (Lipinski definition) is 3. The average Bonchev–Trinajstić information content (AvgIpc) is 3.34. The number of aliphatic hydroxyl groups is 2. The molecule has 3 aliphatic rings. The number of allylic oxidation sites excluding steroid dienone is 1. The molecule has 3 nitrogen and oxygen atoms in total. The minimum absolute atomic E-state index is 0.214. The van der Waals surface area contributed by atoms with E-state index in [9.17, 15) is 10.2 Å². The van der Waals surface area contributed by atoms with Crippen LogP contribution in [0.15, 0.2) is 24.3 Å². The lowest BCUT2D eigenvalue weighted by molar-refractivity contribution is 0.0899. The highest BCUT2D eigenvalue weighted by atomic mass is 16.5. The summed E-state index contributed by atoms with van der Waals surface area (Å²) in [7, 11) is 0. The van der Waals surface area contributed by atoms with Gasteiger partial charge in [-0.2, -0.15) is 0 Å². The molecule has 0 radical (unpaired) electrons. The third-order valence-electron chi connectivity index (χ3n) is 6.55. The molecule has 6 atom stereocenters. The second-order valence-electron chi connectivity index (χ2n) is 8.37. The molecule has 0 aromatic heterocycles. The maximum atomic E-state index is 10.4. The van der Waals surface area contributed by atoms with Gasteiger partial charge in [0.05, 0.1) is 24.4 Å². The van der Waals surface area contributed by atoms with E-state index in [0.29, 0.717) is 24.0 Å². The molecule has 2 aliphatic heterocycles. The Balaban J connectivity index is 1.50. The van der Waals surface area contributed by atoms with E-state index in [1.807, 2.05) is 13.0 Å². The molecule has 3 heteroatoms. The molecule has 3 fully saturated rings. The summed E-state index contributed by atoms with van der Waals surface area (Å²) in [5.74, 6) is 1.70. The van der Waals surface area contributed by atoms with Crippen LogP contribution in [0.25, 0.3) is 0 Å². The van der Waals surface area contributed by atoms with E-state index in [4.69, 9.17) is 4.74 Å². The van der Waals surface area contributed by atoms with Crippen LogP contribution in [0.1, 0.15) is 71.1 Å². The fourth-order valence-electron chi connectivity index (χ4n) is 4.98. The Hall–Kier alpha value is -0.640. The lowest BCUT2D eigenvalue weighted by Gasteiger charge is -2.25. The van der Waals surface area contributed by atoms with Crippen molar-refractivity contribution in [3.05, 3.63) is 24.3 Å². The molecule has 2 N–H and O–H groups in total. The maximum Gasteiger partial charge on any atom is 0.0723 e. The van der Waals surface area contributed by atoms with Gasteiger partial charge in [0.15, 0.2) is 0 Å². The van der Waals surface area contributed by atoms with Crippen molar-refractivity contribution in [2.75, 3.05) is 0 Å². The highest BCUT2D eigenvalue weighted by Crippen LogP contribution is 2.46. The predicted octanol–water partition coefficient (Wildman–Crippen LogP) is 4.38. The monoisotopic (exact) mass is 348 g/mol. The molecule has 0 aromatic rings. The van der Waals surface area contributed by atoms with Gasteiger partial charge in [-0.25, -0.2) is 0 Å². The van der Waals surface area contributed by atoms with Gasteiger partial charge in [0.2, 0.25) is 0 Å². The van der Waals surface area contributed by atoms with Crippen LogP contribution in [-0.4, -0.2) is 34.6 Å². The van der Waals surface area contributed by atoms with Crippen LogP contribution in [-0.2, 0) is 4.74 Å². The number of ether oxygens (including phenoxy) is 1. The van der Waals surface area contributed by atoms with Gasteiger partial charge in [-0.3, -0.25) is 0 Å². The smallest absolute Gasteiger partial charge is 0.0723 e. The highest BCUT2D eigenvalue weighted by molar-refractivity contribution is 5.08. The van der Waals surface area contributed by atoms with E-state index in [1.165, 1.54) is 32.1 Å². The largest absolute Gasteiger partial charge is 0.393 e. The summed E-state index contributed by atoms with van der Waals surface area (Å²) >= 11 is 0. The number of aliphatic hydroxyl groups excluding tert-OH is 2. The normalized spacial score (nSPS) is 35.3. The van der Waals surface area contributed by atoms with Crippen molar-refractivity contribution in [3.8, 4) is 0 Å². The molecule has 25 heavy (non-hydrogen) atoms. The Labute approximate surface area is 153 Å². The highest BCUT2D eigenvalue weighted by Gasteiger charge is 2.46. The van der Waals surface area contributed by atoms with E-state index in [1.54, 1.807) is 0 Å². The van der Waals surface area contributed by atoms with E-state index in [2.05, 4.69) is 18.2 Å². The van der Waals surface area contributed by atoms with Gasteiger partial charge < -0.3 is 14.9 Å². The van der Waals surface area contributed by atoms with Gasteiger partial charge in [0.1, 0.15) is 0 Å². The lowest BCUT2D eigenvalue weighted by Crippen LogP contribution is -2.25. The van der Waals surface area contributed by atoms with Crippen molar-refractivity contribution in [1.82, 2.24) is 0 Å². The molecule has 2 bridgehead atoms. The van der Waals surface area contributed by atoms with Crippen molar-refractivity contribution in [2.24, 2.45) is 17.8 Å². The summed E-state index contributed by atoms with van der Waals surface area (Å²) in [6.45, 7) is 2.01. The Bertz CT molecular complexity index is 452. The molecular formula is C22H36O3. The Morgan fingerprint density at radius 2 is 1.80 bits per heavy atom. The first-order valence-corrected chi connectivity index (χ1v) is 10.5. The van der Waals surface area contributed by atoms with Gasteiger partial charge in [-0.05, 0) is 50.4 Å². The van der Waals surface area contributed by atoms with Gasteiger partial charge in [-0.1, -0.05) is 56.9 Å². The fourth-order valence-corrected chi connectivity index (χ4v) is 4.98. The van der Waals surface area contributed by atoms with Gasteiger partial charge in [0, 0.05) is 5.92 Å². The van der Waals surface area contributed by atoms with Crippen molar-refractivity contribution in [1.29, 1.82) is 0 Å². The molecule has 0 amide bonds. The molecule has 0 aromatic carbocycles. The van der Waals surface area contributed by atoms with Crippen LogP contribution >= 0.6 is 0 Å². The van der Waals surface area contributed by atoms with Crippen LogP contribution in [0, 0.1) is 17.8 Å². The topological polar surface area (TPSA) is 49.7 Å².